The van der Waals surface area contributed by atoms with Crippen LogP contribution in [-0.4, -0.2) is 16.6 Å². The Morgan fingerprint density at radius 1 is 0.950 bits per heavy atom. The molecule has 2 aromatic carbocycles. The molecule has 0 atom stereocenters. The summed E-state index contributed by atoms with van der Waals surface area (Å²) in [7, 11) is 0. The van der Waals surface area contributed by atoms with E-state index in [1.54, 1.807) is 12.1 Å². The normalized spacial score (nSPS) is 15.0. The standard InChI is InChI=1S/C18H19NO/c20-18-10-8-16(9-11-18)17-7-4-12-19(14-17)13-15-5-2-1-3-6-15/h1-3,5-6,8-11,14,20H,4,7,12-13H2. The predicted octanol–water partition coefficient (Wildman–Crippen LogP) is 4.03. The minimum absolute atomic E-state index is 0.325. The van der Waals surface area contributed by atoms with Gasteiger partial charge in [-0.25, -0.2) is 0 Å². The monoisotopic (exact) mass is 265 g/mol. The molecule has 20 heavy (non-hydrogen) atoms. The van der Waals surface area contributed by atoms with Gasteiger partial charge in [0.05, 0.1) is 0 Å². The minimum atomic E-state index is 0.325. The first-order valence-electron chi connectivity index (χ1n) is 7.09. The number of allylic oxidation sites excluding steroid dienone is 1. The second kappa shape index (κ2) is 5.83. The zero-order chi connectivity index (χ0) is 13.8. The summed E-state index contributed by atoms with van der Waals surface area (Å²) in [6, 6.07) is 18.1. The summed E-state index contributed by atoms with van der Waals surface area (Å²) in [6.45, 7) is 2.07. The van der Waals surface area contributed by atoms with Gasteiger partial charge in [0.2, 0.25) is 0 Å². The number of phenols is 1. The molecule has 2 heteroatoms. The third-order valence-corrected chi connectivity index (χ3v) is 3.70. The van der Waals surface area contributed by atoms with Gasteiger partial charge >= 0.3 is 0 Å². The Morgan fingerprint density at radius 2 is 1.70 bits per heavy atom. The average molecular weight is 265 g/mol. The number of benzene rings is 2. The maximum atomic E-state index is 9.37. The van der Waals surface area contributed by atoms with E-state index in [9.17, 15) is 5.11 Å². The quantitative estimate of drug-likeness (QED) is 0.905. The highest BCUT2D eigenvalue weighted by molar-refractivity contribution is 5.66. The number of nitrogens with zero attached hydrogens (tertiary/aromatic N) is 1. The predicted molar refractivity (Wildman–Crippen MR) is 82.2 cm³/mol. The number of rotatable bonds is 3. The lowest BCUT2D eigenvalue weighted by molar-refractivity contribution is 0.352. The van der Waals surface area contributed by atoms with Crippen molar-refractivity contribution >= 4 is 5.57 Å². The number of hydrogen-bond donors (Lipinski definition) is 1. The van der Waals surface area contributed by atoms with Crippen LogP contribution in [0.4, 0.5) is 0 Å². The average Bonchev–Trinajstić information content (AvgIpc) is 2.49. The van der Waals surface area contributed by atoms with Gasteiger partial charge in [-0.15, -0.1) is 0 Å². The van der Waals surface area contributed by atoms with Crippen molar-refractivity contribution in [3.63, 3.8) is 0 Å². The Kier molecular flexibility index (Phi) is 3.73. The molecule has 3 rings (SSSR count). The molecular weight excluding hydrogens is 246 g/mol. The summed E-state index contributed by atoms with van der Waals surface area (Å²) in [5, 5.41) is 9.37. The topological polar surface area (TPSA) is 23.5 Å². The van der Waals surface area contributed by atoms with E-state index in [1.165, 1.54) is 23.1 Å². The molecule has 0 unspecified atom stereocenters. The number of hydrogen-bond acceptors (Lipinski definition) is 2. The van der Waals surface area contributed by atoms with E-state index in [4.69, 9.17) is 0 Å². The Hall–Kier alpha value is -2.22. The van der Waals surface area contributed by atoms with E-state index < -0.39 is 0 Å². The van der Waals surface area contributed by atoms with E-state index in [0.29, 0.717) is 5.75 Å². The Bertz CT molecular complexity index is 587. The van der Waals surface area contributed by atoms with Crippen molar-refractivity contribution in [2.24, 2.45) is 0 Å². The van der Waals surface area contributed by atoms with Crippen molar-refractivity contribution in [3.05, 3.63) is 71.9 Å². The van der Waals surface area contributed by atoms with Crippen LogP contribution in [0.2, 0.25) is 0 Å². The summed E-state index contributed by atoms with van der Waals surface area (Å²) >= 11 is 0. The van der Waals surface area contributed by atoms with Crippen molar-refractivity contribution in [2.75, 3.05) is 6.54 Å². The third kappa shape index (κ3) is 3.02. The fourth-order valence-electron chi connectivity index (χ4n) is 2.66. The van der Waals surface area contributed by atoms with Crippen molar-refractivity contribution in [1.82, 2.24) is 4.90 Å². The summed E-state index contributed by atoms with van der Waals surface area (Å²) in [4.78, 5) is 2.38. The first-order valence-corrected chi connectivity index (χ1v) is 7.09. The molecule has 1 aliphatic rings. The SMILES string of the molecule is Oc1ccc(C2=CN(Cc3ccccc3)CCC2)cc1. The van der Waals surface area contributed by atoms with Gasteiger partial charge in [-0.3, -0.25) is 0 Å². The van der Waals surface area contributed by atoms with Gasteiger partial charge in [-0.1, -0.05) is 42.5 Å². The molecule has 0 spiro atoms. The lowest BCUT2D eigenvalue weighted by Gasteiger charge is -2.27. The second-order valence-electron chi connectivity index (χ2n) is 5.26. The highest BCUT2D eigenvalue weighted by Crippen LogP contribution is 2.26. The van der Waals surface area contributed by atoms with Gasteiger partial charge in [0.25, 0.3) is 0 Å². The summed E-state index contributed by atoms with van der Waals surface area (Å²) < 4.78 is 0. The van der Waals surface area contributed by atoms with E-state index in [2.05, 4.69) is 41.4 Å². The molecule has 0 bridgehead atoms. The van der Waals surface area contributed by atoms with Crippen LogP contribution in [0.1, 0.15) is 24.0 Å². The van der Waals surface area contributed by atoms with Gasteiger partial charge in [0.15, 0.2) is 0 Å². The maximum absolute atomic E-state index is 9.37. The summed E-state index contributed by atoms with van der Waals surface area (Å²) in [5.41, 5.74) is 3.91. The highest BCUT2D eigenvalue weighted by Gasteiger charge is 2.12. The Morgan fingerprint density at radius 3 is 2.45 bits per heavy atom. The molecule has 0 amide bonds. The van der Waals surface area contributed by atoms with Gasteiger partial charge < -0.3 is 10.0 Å². The van der Waals surface area contributed by atoms with Crippen molar-refractivity contribution < 1.29 is 5.11 Å². The van der Waals surface area contributed by atoms with Gasteiger partial charge in [0, 0.05) is 19.3 Å². The van der Waals surface area contributed by atoms with Crippen molar-refractivity contribution in [2.45, 2.75) is 19.4 Å². The Labute approximate surface area is 120 Å². The van der Waals surface area contributed by atoms with Crippen LogP contribution >= 0.6 is 0 Å². The lowest BCUT2D eigenvalue weighted by Crippen LogP contribution is -2.22. The zero-order valence-corrected chi connectivity index (χ0v) is 11.5. The van der Waals surface area contributed by atoms with Gasteiger partial charge in [-0.05, 0) is 41.7 Å². The zero-order valence-electron chi connectivity index (χ0n) is 11.5. The molecule has 1 N–H and O–H groups in total. The number of phenolic OH excluding ortho intramolecular Hbond substituents is 1. The van der Waals surface area contributed by atoms with Gasteiger partial charge in [-0.2, -0.15) is 0 Å². The van der Waals surface area contributed by atoms with Crippen molar-refractivity contribution in [1.29, 1.82) is 0 Å². The summed E-state index contributed by atoms with van der Waals surface area (Å²) in [5.74, 6) is 0.325. The molecule has 0 saturated carbocycles. The molecule has 0 aliphatic carbocycles. The molecule has 0 fully saturated rings. The van der Waals surface area contributed by atoms with Crippen LogP contribution in [0.25, 0.3) is 5.57 Å². The molecule has 102 valence electrons. The van der Waals surface area contributed by atoms with Crippen LogP contribution < -0.4 is 0 Å². The van der Waals surface area contributed by atoms with Crippen LogP contribution in [0.3, 0.4) is 0 Å². The van der Waals surface area contributed by atoms with Crippen LogP contribution in [-0.2, 0) is 6.54 Å². The minimum Gasteiger partial charge on any atom is -0.508 e. The highest BCUT2D eigenvalue weighted by atomic mass is 16.3. The largest absolute Gasteiger partial charge is 0.508 e. The third-order valence-electron chi connectivity index (χ3n) is 3.70. The molecule has 0 saturated heterocycles. The molecule has 1 aliphatic heterocycles. The Balaban J connectivity index is 1.77. The van der Waals surface area contributed by atoms with E-state index in [0.717, 1.165) is 19.5 Å². The van der Waals surface area contributed by atoms with Crippen LogP contribution in [0.5, 0.6) is 5.75 Å². The van der Waals surface area contributed by atoms with E-state index in [-0.39, 0.29) is 0 Å². The number of aromatic hydroxyl groups is 1. The first-order chi connectivity index (χ1) is 9.81. The second-order valence-corrected chi connectivity index (χ2v) is 5.26. The van der Waals surface area contributed by atoms with Crippen LogP contribution in [0.15, 0.2) is 60.8 Å². The molecule has 2 aromatic rings. The first kappa shape index (κ1) is 12.8. The van der Waals surface area contributed by atoms with Crippen LogP contribution in [0, 0.1) is 0 Å². The molecule has 1 heterocycles. The van der Waals surface area contributed by atoms with Crippen molar-refractivity contribution in [3.8, 4) is 5.75 Å². The lowest BCUT2D eigenvalue weighted by atomic mass is 9.99. The maximum Gasteiger partial charge on any atom is 0.115 e. The molecule has 0 radical (unpaired) electrons. The smallest absolute Gasteiger partial charge is 0.115 e. The summed E-state index contributed by atoms with van der Waals surface area (Å²) in [6.07, 6.45) is 4.55. The molecule has 0 aromatic heterocycles. The van der Waals surface area contributed by atoms with Gasteiger partial charge in [0.1, 0.15) is 5.75 Å². The fourth-order valence-corrected chi connectivity index (χ4v) is 2.66. The van der Waals surface area contributed by atoms with E-state index >= 15 is 0 Å². The molecule has 2 nitrogen and oxygen atoms in total. The van der Waals surface area contributed by atoms with E-state index in [1.807, 2.05) is 12.1 Å². The fraction of sp³-hybridized carbons (Fsp3) is 0.222. The molecular formula is C18H19NO.